The number of halogens is 1. The van der Waals surface area contributed by atoms with Gasteiger partial charge in [0.15, 0.2) is 12.4 Å². The third-order valence-corrected chi connectivity index (χ3v) is 7.01. The van der Waals surface area contributed by atoms with Crippen LogP contribution >= 0.6 is 23.5 Å². The van der Waals surface area contributed by atoms with Gasteiger partial charge in [0.1, 0.15) is 18.0 Å². The average Bonchev–Trinajstić information content (AvgIpc) is 2.78. The van der Waals surface area contributed by atoms with Crippen LogP contribution in [0.4, 0.5) is 10.2 Å². The summed E-state index contributed by atoms with van der Waals surface area (Å²) in [5.41, 5.74) is 4.27. The lowest BCUT2D eigenvalue weighted by Gasteiger charge is -2.21. The number of nitrogens with two attached hydrogens (primary N) is 1. The number of nitrogen functional groups attached to an aromatic ring is 1. The van der Waals surface area contributed by atoms with Crippen LogP contribution in [0, 0.1) is 0 Å². The van der Waals surface area contributed by atoms with E-state index in [2.05, 4.69) is 18.1 Å². The Hall–Kier alpha value is -1.06. The first-order chi connectivity index (χ1) is 13.1. The molecule has 166 valence electrons. The van der Waals surface area contributed by atoms with Crippen molar-refractivity contribution in [2.24, 2.45) is 0 Å². The van der Waals surface area contributed by atoms with E-state index in [1.54, 1.807) is 0 Å². The molecule has 1 aromatic rings. The lowest BCUT2D eigenvalue weighted by Crippen LogP contribution is -2.33. The highest BCUT2D eigenvalue weighted by Crippen LogP contribution is 2.65. The Morgan fingerprint density at radius 3 is 2.45 bits per heavy atom. The Balaban J connectivity index is 2.05. The molecule has 16 nitrogen and oxygen atoms in total. The van der Waals surface area contributed by atoms with Gasteiger partial charge in [-0.15, -0.1) is 0 Å². The van der Waals surface area contributed by atoms with E-state index < -0.39 is 60.4 Å². The fourth-order valence-corrected chi connectivity index (χ4v) is 5.15. The molecule has 3 unspecified atom stereocenters. The highest BCUT2D eigenvalue weighted by atomic mass is 31.3. The number of phosphoric acid groups is 3. The minimum Gasteiger partial charge on any atom is -0.756 e. The van der Waals surface area contributed by atoms with E-state index in [0.717, 1.165) is 12.3 Å². The predicted octanol–water partition coefficient (Wildman–Crippen LogP) is -1.87. The molecule has 0 bridgehead atoms. The summed E-state index contributed by atoms with van der Waals surface area (Å²) in [5.74, 6) is -0.167. The fraction of sp³-hybridized carbons (Fsp3) is 0.556. The zero-order valence-electron chi connectivity index (χ0n) is 13.8. The summed E-state index contributed by atoms with van der Waals surface area (Å²) >= 11 is 0. The molecular weight excluding hydrogens is 470 g/mol. The van der Waals surface area contributed by atoms with Crippen LogP contribution in [-0.2, 0) is 31.6 Å². The van der Waals surface area contributed by atoms with Crippen molar-refractivity contribution in [2.75, 3.05) is 12.3 Å². The molecule has 0 aliphatic carbocycles. The molecule has 1 fully saturated rings. The molecule has 2 rings (SSSR count). The normalized spacial score (nSPS) is 31.0. The summed E-state index contributed by atoms with van der Waals surface area (Å²) in [7, 11) is -17.1. The van der Waals surface area contributed by atoms with E-state index >= 15 is 0 Å². The minimum absolute atomic E-state index is 0.167. The number of nitrogens with zero attached hydrogens (tertiary/aromatic N) is 2. The molecule has 2 heterocycles. The molecule has 1 aromatic heterocycles. The number of alkyl halides is 1. The third kappa shape index (κ3) is 6.72. The second-order valence-corrected chi connectivity index (χ2v) is 9.78. The van der Waals surface area contributed by atoms with Crippen molar-refractivity contribution in [3.8, 4) is 0 Å². The van der Waals surface area contributed by atoms with Gasteiger partial charge in [0.2, 0.25) is 0 Å². The fourth-order valence-electron chi connectivity index (χ4n) is 2.15. The molecule has 1 aliphatic rings. The van der Waals surface area contributed by atoms with Gasteiger partial charge in [0, 0.05) is 6.20 Å². The van der Waals surface area contributed by atoms with Gasteiger partial charge in [-0.05, 0) is 6.07 Å². The Morgan fingerprint density at radius 2 is 1.90 bits per heavy atom. The summed E-state index contributed by atoms with van der Waals surface area (Å²) in [6, 6.07) is 1.14. The van der Waals surface area contributed by atoms with Gasteiger partial charge in [-0.3, -0.25) is 13.7 Å². The molecule has 7 atom stereocenters. The summed E-state index contributed by atoms with van der Waals surface area (Å²) in [4.78, 5) is 52.1. The first-order valence-corrected chi connectivity index (χ1v) is 11.7. The largest absolute Gasteiger partial charge is 0.756 e. The van der Waals surface area contributed by atoms with Crippen molar-refractivity contribution in [2.45, 2.75) is 24.6 Å². The maximum Gasteiger partial charge on any atom is 0.487 e. The van der Waals surface area contributed by atoms with Gasteiger partial charge < -0.3 is 35.2 Å². The summed E-state index contributed by atoms with van der Waals surface area (Å²) < 4.78 is 64.3. The Kier molecular flexibility index (Phi) is 7.17. The van der Waals surface area contributed by atoms with Crippen LogP contribution in [0.2, 0.25) is 0 Å². The van der Waals surface area contributed by atoms with Gasteiger partial charge >= 0.3 is 21.3 Å². The number of anilines is 1. The Morgan fingerprint density at radius 1 is 1.28 bits per heavy atom. The van der Waals surface area contributed by atoms with Gasteiger partial charge in [0.05, 0.1) is 6.61 Å². The highest BCUT2D eigenvalue weighted by Gasteiger charge is 2.47. The molecule has 29 heavy (non-hydrogen) atoms. The summed E-state index contributed by atoms with van der Waals surface area (Å²) in [6.45, 7) is -1.11. The molecule has 6 N–H and O–H groups in total. The number of hydrogen-bond acceptors (Lipinski definition) is 12. The number of aliphatic hydroxyl groups excluding tert-OH is 1. The molecule has 20 heteroatoms. The van der Waals surface area contributed by atoms with E-state index in [-0.39, 0.29) is 5.82 Å². The number of ether oxygens (including phenoxy) is 1. The minimum atomic E-state index is -5.82. The second kappa shape index (κ2) is 8.59. The maximum absolute atomic E-state index is 14.3. The lowest BCUT2D eigenvalue weighted by atomic mass is 10.1. The highest BCUT2D eigenvalue weighted by molar-refractivity contribution is 7.66. The first kappa shape index (κ1) is 24.2. The molecular formula is C9H14FN3O13P3-. The summed E-state index contributed by atoms with van der Waals surface area (Å²) in [6.07, 6.45) is -6.58. The Bertz CT molecular complexity index is 951. The number of aliphatic hydroxyl groups is 1. The van der Waals surface area contributed by atoms with Crippen LogP contribution in [-0.4, -0.2) is 54.3 Å². The molecule has 1 aliphatic heterocycles. The Labute approximate surface area is 160 Å². The number of aromatic nitrogens is 2. The van der Waals surface area contributed by atoms with Crippen LogP contribution in [0.1, 0.15) is 6.23 Å². The standard InChI is InChI=1S/C9H15FN3O13P3/c10-6-7(14)4(24-8(6)13-2-1-5(11)12-9(13)15)3-23-28(19,20)26-29(21,22)25-27(16,17)18/h1-2,4,6-8,14H,3H2,(H,19,20)(H,21,22)(H2,11,12,15)(H2,16,17,18)/p-1/t4-,6-,7-,8-/m1/s1. The van der Waals surface area contributed by atoms with Crippen LogP contribution < -0.4 is 16.3 Å². The van der Waals surface area contributed by atoms with E-state index in [4.69, 9.17) is 20.3 Å². The predicted molar refractivity (Wildman–Crippen MR) is 85.3 cm³/mol. The molecule has 1 saturated heterocycles. The van der Waals surface area contributed by atoms with Crippen molar-refractivity contribution < 1.29 is 60.6 Å². The molecule has 0 saturated carbocycles. The van der Waals surface area contributed by atoms with Gasteiger partial charge in [-0.25, -0.2) is 22.6 Å². The van der Waals surface area contributed by atoms with Crippen LogP contribution in [0.15, 0.2) is 17.1 Å². The van der Waals surface area contributed by atoms with Crippen molar-refractivity contribution in [3.05, 3.63) is 22.7 Å². The van der Waals surface area contributed by atoms with Gasteiger partial charge in [-0.1, -0.05) is 0 Å². The average molecular weight is 484 g/mol. The van der Waals surface area contributed by atoms with Crippen LogP contribution in [0.25, 0.3) is 0 Å². The SMILES string of the molecule is Nc1ccn([C@@H]2O[C@H](COP(=O)(O)OP(=O)(O)OP(=O)([O-])O)[C@@H](O)[C@H]2F)c(=O)n1. The number of hydrogen-bond donors (Lipinski definition) is 5. The van der Waals surface area contributed by atoms with Crippen molar-refractivity contribution in [3.63, 3.8) is 0 Å². The third-order valence-electron chi connectivity index (χ3n) is 3.23. The van der Waals surface area contributed by atoms with Crippen LogP contribution in [0.3, 0.4) is 0 Å². The monoisotopic (exact) mass is 484 g/mol. The van der Waals surface area contributed by atoms with Gasteiger partial charge in [0.25, 0.3) is 7.82 Å². The van der Waals surface area contributed by atoms with E-state index in [0.29, 0.717) is 4.57 Å². The van der Waals surface area contributed by atoms with E-state index in [1.165, 1.54) is 0 Å². The zero-order chi connectivity index (χ0) is 22.2. The molecule has 0 amide bonds. The van der Waals surface area contributed by atoms with E-state index in [9.17, 15) is 37.8 Å². The molecule has 0 aromatic carbocycles. The first-order valence-electron chi connectivity index (χ1n) is 7.19. The topological polar surface area (TPSA) is 253 Å². The van der Waals surface area contributed by atoms with E-state index in [1.807, 2.05) is 0 Å². The lowest BCUT2D eigenvalue weighted by molar-refractivity contribution is -0.212. The number of rotatable bonds is 8. The van der Waals surface area contributed by atoms with Crippen molar-refractivity contribution >= 4 is 29.3 Å². The molecule has 0 spiro atoms. The number of phosphoric ester groups is 1. The second-order valence-electron chi connectivity index (χ2n) is 5.41. The smallest absolute Gasteiger partial charge is 0.487 e. The van der Waals surface area contributed by atoms with Crippen LogP contribution in [0.5, 0.6) is 0 Å². The maximum atomic E-state index is 14.3. The quantitative estimate of drug-likeness (QED) is 0.253. The van der Waals surface area contributed by atoms with Crippen molar-refractivity contribution in [1.82, 2.24) is 9.55 Å². The van der Waals surface area contributed by atoms with Crippen molar-refractivity contribution in [1.29, 1.82) is 0 Å². The zero-order valence-corrected chi connectivity index (χ0v) is 16.5. The van der Waals surface area contributed by atoms with Gasteiger partial charge in [-0.2, -0.15) is 9.29 Å². The summed E-state index contributed by atoms with van der Waals surface area (Å²) in [5, 5.41) is 9.82. The molecule has 0 radical (unpaired) electrons.